The molecule has 0 amide bonds. The van der Waals surface area contributed by atoms with Gasteiger partial charge in [0.1, 0.15) is 0 Å². The van der Waals surface area contributed by atoms with Crippen molar-refractivity contribution in [3.8, 4) is 0 Å². The third-order valence-corrected chi connectivity index (χ3v) is 1.82. The molecule has 0 spiro atoms. The zero-order chi connectivity index (χ0) is 4.69. The van der Waals surface area contributed by atoms with Crippen molar-refractivity contribution in [3.63, 3.8) is 0 Å². The molecule has 0 bridgehead atoms. The van der Waals surface area contributed by atoms with Crippen LogP contribution in [0.4, 0.5) is 0 Å². The van der Waals surface area contributed by atoms with Gasteiger partial charge in [0.2, 0.25) is 0 Å². The molecule has 0 radical (unpaired) electrons. The van der Waals surface area contributed by atoms with E-state index >= 15 is 0 Å². The van der Waals surface area contributed by atoms with Crippen molar-refractivity contribution in [1.29, 1.82) is 0 Å². The van der Waals surface area contributed by atoms with Crippen molar-refractivity contribution in [2.45, 2.75) is 12.5 Å². The van der Waals surface area contributed by atoms with Crippen molar-refractivity contribution in [1.82, 2.24) is 10.6 Å². The summed E-state index contributed by atoms with van der Waals surface area (Å²) in [5.41, 5.74) is 0. The van der Waals surface area contributed by atoms with E-state index in [0.717, 1.165) is 18.6 Å². The summed E-state index contributed by atoms with van der Waals surface area (Å²) in [5.74, 6) is 0.980. The molecule has 1 saturated carbocycles. The number of hydrogen-bond acceptors (Lipinski definition) is 2. The van der Waals surface area contributed by atoms with E-state index in [4.69, 9.17) is 0 Å². The second kappa shape index (κ2) is 1.20. The van der Waals surface area contributed by atoms with Gasteiger partial charge in [-0.1, -0.05) is 0 Å². The summed E-state index contributed by atoms with van der Waals surface area (Å²) in [6.07, 6.45) is 1.41. The summed E-state index contributed by atoms with van der Waals surface area (Å²) in [7, 11) is 0. The van der Waals surface area contributed by atoms with Crippen LogP contribution in [-0.4, -0.2) is 19.3 Å². The summed E-state index contributed by atoms with van der Waals surface area (Å²) >= 11 is 0. The number of rotatable bonds is 0. The standard InChI is InChI=1S/C5H10N2/c1-4-2-6-3-7-5(1)4/h4-7H,1-3H2. The van der Waals surface area contributed by atoms with Crippen LogP contribution in [0.3, 0.4) is 0 Å². The molecule has 40 valence electrons. The minimum Gasteiger partial charge on any atom is -0.304 e. The molecule has 1 aliphatic carbocycles. The Morgan fingerprint density at radius 2 is 2.43 bits per heavy atom. The van der Waals surface area contributed by atoms with Crippen LogP contribution in [0, 0.1) is 5.92 Å². The van der Waals surface area contributed by atoms with Crippen LogP contribution < -0.4 is 10.6 Å². The van der Waals surface area contributed by atoms with Crippen LogP contribution in [-0.2, 0) is 0 Å². The largest absolute Gasteiger partial charge is 0.304 e. The van der Waals surface area contributed by atoms with Crippen LogP contribution in [0.15, 0.2) is 0 Å². The first kappa shape index (κ1) is 3.87. The maximum absolute atomic E-state index is 3.34. The lowest BCUT2D eigenvalue weighted by atomic mass is 10.4. The molecule has 0 aromatic heterocycles. The summed E-state index contributed by atoms with van der Waals surface area (Å²) in [6, 6.07) is 0.890. The number of fused-ring (bicyclic) bond motifs is 1. The van der Waals surface area contributed by atoms with Gasteiger partial charge < -0.3 is 10.6 Å². The van der Waals surface area contributed by atoms with Crippen molar-refractivity contribution in [2.24, 2.45) is 5.92 Å². The van der Waals surface area contributed by atoms with Crippen LogP contribution in [0.2, 0.25) is 0 Å². The van der Waals surface area contributed by atoms with Gasteiger partial charge in [-0.2, -0.15) is 0 Å². The molecule has 2 rings (SSSR count). The first-order valence-electron chi connectivity index (χ1n) is 2.91. The van der Waals surface area contributed by atoms with E-state index in [1.165, 1.54) is 13.0 Å². The molecular formula is C5H10N2. The zero-order valence-electron chi connectivity index (χ0n) is 4.28. The molecule has 2 heteroatoms. The topological polar surface area (TPSA) is 24.1 Å². The highest BCUT2D eigenvalue weighted by Gasteiger charge is 2.38. The molecule has 1 heterocycles. The lowest BCUT2D eigenvalue weighted by Crippen LogP contribution is -2.38. The second-order valence-electron chi connectivity index (χ2n) is 2.44. The fourth-order valence-electron chi connectivity index (χ4n) is 1.18. The Balaban J connectivity index is 1.95. The van der Waals surface area contributed by atoms with Gasteiger partial charge in [0.25, 0.3) is 0 Å². The Bertz CT molecular complexity index is 72.1. The minimum atomic E-state index is 0.890. The fraction of sp³-hybridized carbons (Fsp3) is 1.00. The molecule has 1 aliphatic heterocycles. The predicted octanol–water partition coefficient (Wildman–Crippen LogP) is -0.475. The Hall–Kier alpha value is -0.0800. The van der Waals surface area contributed by atoms with E-state index < -0.39 is 0 Å². The Labute approximate surface area is 43.3 Å². The van der Waals surface area contributed by atoms with Crippen LogP contribution in [0.25, 0.3) is 0 Å². The Morgan fingerprint density at radius 3 is 3.00 bits per heavy atom. The maximum Gasteiger partial charge on any atom is 0.0456 e. The molecule has 1 saturated heterocycles. The van der Waals surface area contributed by atoms with Gasteiger partial charge in [-0.15, -0.1) is 0 Å². The average Bonchev–Trinajstić information content (AvgIpc) is 2.41. The predicted molar refractivity (Wildman–Crippen MR) is 27.9 cm³/mol. The first-order chi connectivity index (χ1) is 3.47. The third kappa shape index (κ3) is 0.545. The van der Waals surface area contributed by atoms with E-state index in [-0.39, 0.29) is 0 Å². The SMILES string of the molecule is C1NCC2CC2N1. The van der Waals surface area contributed by atoms with Crippen molar-refractivity contribution >= 4 is 0 Å². The van der Waals surface area contributed by atoms with Crippen LogP contribution >= 0.6 is 0 Å². The quantitative estimate of drug-likeness (QED) is 0.428. The number of nitrogens with one attached hydrogen (secondary N) is 2. The highest BCUT2D eigenvalue weighted by Crippen LogP contribution is 2.30. The summed E-state index contributed by atoms with van der Waals surface area (Å²) in [4.78, 5) is 0. The number of hydrogen-bond donors (Lipinski definition) is 2. The molecule has 7 heavy (non-hydrogen) atoms. The van der Waals surface area contributed by atoms with Crippen LogP contribution in [0.1, 0.15) is 6.42 Å². The molecule has 0 aromatic rings. The monoisotopic (exact) mass is 98.1 g/mol. The first-order valence-corrected chi connectivity index (χ1v) is 2.91. The van der Waals surface area contributed by atoms with Crippen molar-refractivity contribution in [2.75, 3.05) is 13.2 Å². The normalized spacial score (nSPS) is 48.0. The fourth-order valence-corrected chi connectivity index (χ4v) is 1.18. The van der Waals surface area contributed by atoms with E-state index in [1.807, 2.05) is 0 Å². The second-order valence-corrected chi connectivity index (χ2v) is 2.44. The molecule has 2 nitrogen and oxygen atoms in total. The molecule has 2 fully saturated rings. The highest BCUT2D eigenvalue weighted by molar-refractivity contribution is 4.96. The molecule has 2 aliphatic rings. The van der Waals surface area contributed by atoms with Crippen molar-refractivity contribution < 1.29 is 0 Å². The van der Waals surface area contributed by atoms with Crippen molar-refractivity contribution in [3.05, 3.63) is 0 Å². The summed E-state index contributed by atoms with van der Waals surface area (Å²) in [5, 5.41) is 6.61. The van der Waals surface area contributed by atoms with Gasteiger partial charge in [-0.25, -0.2) is 0 Å². The average molecular weight is 98.1 g/mol. The highest BCUT2D eigenvalue weighted by atomic mass is 15.2. The summed E-state index contributed by atoms with van der Waals surface area (Å²) in [6.45, 7) is 2.28. The Morgan fingerprint density at radius 1 is 1.43 bits per heavy atom. The lowest BCUT2D eigenvalue weighted by molar-refractivity contribution is 0.483. The zero-order valence-corrected chi connectivity index (χ0v) is 4.28. The molecule has 0 aromatic carbocycles. The van der Waals surface area contributed by atoms with Gasteiger partial charge in [0.05, 0.1) is 0 Å². The van der Waals surface area contributed by atoms with Gasteiger partial charge in [0, 0.05) is 19.3 Å². The van der Waals surface area contributed by atoms with Crippen LogP contribution in [0.5, 0.6) is 0 Å². The lowest BCUT2D eigenvalue weighted by Gasteiger charge is -2.10. The van der Waals surface area contributed by atoms with Gasteiger partial charge >= 0.3 is 0 Å². The Kier molecular flexibility index (Phi) is 0.664. The van der Waals surface area contributed by atoms with Gasteiger partial charge in [-0.05, 0) is 12.3 Å². The molecular weight excluding hydrogens is 88.1 g/mol. The molecule has 2 N–H and O–H groups in total. The van der Waals surface area contributed by atoms with E-state index in [2.05, 4.69) is 10.6 Å². The molecule has 2 atom stereocenters. The maximum atomic E-state index is 3.34. The van der Waals surface area contributed by atoms with Gasteiger partial charge in [0.15, 0.2) is 0 Å². The van der Waals surface area contributed by atoms with E-state index in [1.54, 1.807) is 0 Å². The minimum absolute atomic E-state index is 0.890. The smallest absolute Gasteiger partial charge is 0.0456 e. The van der Waals surface area contributed by atoms with E-state index in [0.29, 0.717) is 0 Å². The summed E-state index contributed by atoms with van der Waals surface area (Å²) < 4.78 is 0. The van der Waals surface area contributed by atoms with Gasteiger partial charge in [-0.3, -0.25) is 0 Å². The third-order valence-electron chi connectivity index (χ3n) is 1.82. The molecule has 2 unspecified atom stereocenters. The van der Waals surface area contributed by atoms with E-state index in [9.17, 15) is 0 Å².